The Balaban J connectivity index is 1.74. The third-order valence-electron chi connectivity index (χ3n) is 3.57. The molecule has 0 aliphatic carbocycles. The van der Waals surface area contributed by atoms with Crippen molar-refractivity contribution in [2.24, 2.45) is 5.10 Å². The van der Waals surface area contributed by atoms with Gasteiger partial charge in [0.25, 0.3) is 5.91 Å². The second kappa shape index (κ2) is 7.18. The highest BCUT2D eigenvalue weighted by Gasteiger charge is 2.26. The van der Waals surface area contributed by atoms with Crippen LogP contribution in [0.3, 0.4) is 0 Å². The zero-order chi connectivity index (χ0) is 17.8. The third kappa shape index (κ3) is 3.53. The van der Waals surface area contributed by atoms with Crippen molar-refractivity contribution in [1.82, 2.24) is 5.43 Å². The number of rotatable bonds is 4. The summed E-state index contributed by atoms with van der Waals surface area (Å²) in [5, 5.41) is 10.1. The molecule has 0 saturated heterocycles. The summed E-state index contributed by atoms with van der Waals surface area (Å²) in [4.78, 5) is 12.1. The number of hydrogen-bond donors (Lipinski definition) is 3. The van der Waals surface area contributed by atoms with Gasteiger partial charge in [0.05, 0.1) is 25.6 Å². The monoisotopic (exact) mass is 356 g/mol. The minimum Gasteiger partial charge on any atom is -0.497 e. The highest BCUT2D eigenvalue weighted by Crippen LogP contribution is 2.28. The molecule has 0 unspecified atom stereocenters. The predicted molar refractivity (Wildman–Crippen MR) is 101 cm³/mol. The van der Waals surface area contributed by atoms with Gasteiger partial charge in [-0.2, -0.15) is 5.10 Å². The van der Waals surface area contributed by atoms with E-state index in [9.17, 15) is 4.79 Å². The summed E-state index contributed by atoms with van der Waals surface area (Å²) in [6.07, 6.45) is 0. The Hall–Kier alpha value is -3.13. The molecule has 0 radical (unpaired) electrons. The maximum Gasteiger partial charge on any atom is 0.276 e. The first-order valence-electron chi connectivity index (χ1n) is 7.40. The van der Waals surface area contributed by atoms with Crippen LogP contribution >= 0.6 is 12.2 Å². The van der Waals surface area contributed by atoms with E-state index >= 15 is 0 Å². The van der Waals surface area contributed by atoms with Gasteiger partial charge in [-0.1, -0.05) is 12.1 Å². The maximum absolute atomic E-state index is 12.1. The first kappa shape index (κ1) is 16.7. The zero-order valence-corrected chi connectivity index (χ0v) is 14.4. The number of ether oxygens (including phenoxy) is 2. The van der Waals surface area contributed by atoms with Crippen LogP contribution in [0.4, 0.5) is 11.4 Å². The van der Waals surface area contributed by atoms with Gasteiger partial charge in [-0.3, -0.25) is 10.2 Å². The molecule has 1 heterocycles. The largest absolute Gasteiger partial charge is 0.497 e. The number of fused-ring (bicyclic) bond motifs is 1. The van der Waals surface area contributed by atoms with Crippen LogP contribution in [-0.4, -0.2) is 31.0 Å². The molecule has 0 aromatic heterocycles. The summed E-state index contributed by atoms with van der Waals surface area (Å²) < 4.78 is 10.4. The summed E-state index contributed by atoms with van der Waals surface area (Å²) >= 11 is 5.22. The first-order chi connectivity index (χ1) is 12.1. The van der Waals surface area contributed by atoms with Crippen molar-refractivity contribution in [3.05, 3.63) is 48.0 Å². The van der Waals surface area contributed by atoms with Crippen LogP contribution in [0.1, 0.15) is 5.56 Å². The number of carbonyl (C=O) groups is 1. The van der Waals surface area contributed by atoms with Crippen molar-refractivity contribution in [1.29, 1.82) is 0 Å². The molecule has 0 spiro atoms. The molecule has 0 bridgehead atoms. The lowest BCUT2D eigenvalue weighted by molar-refractivity contribution is -0.110. The Morgan fingerprint density at radius 3 is 2.72 bits per heavy atom. The number of methoxy groups -OCH3 is 2. The summed E-state index contributed by atoms with van der Waals surface area (Å²) in [5.74, 6) is 0.993. The summed E-state index contributed by atoms with van der Waals surface area (Å²) in [6, 6.07) is 12.6. The molecule has 25 heavy (non-hydrogen) atoms. The lowest BCUT2D eigenvalue weighted by Gasteiger charge is -2.11. The highest BCUT2D eigenvalue weighted by molar-refractivity contribution is 7.80. The first-order valence-corrected chi connectivity index (χ1v) is 7.80. The Bertz CT molecular complexity index is 867. The van der Waals surface area contributed by atoms with Crippen molar-refractivity contribution in [2.45, 2.75) is 0 Å². The van der Waals surface area contributed by atoms with E-state index in [4.69, 9.17) is 21.7 Å². The molecule has 7 nitrogen and oxygen atoms in total. The topological polar surface area (TPSA) is 84.0 Å². The molecule has 3 N–H and O–H groups in total. The van der Waals surface area contributed by atoms with Gasteiger partial charge in [0.15, 0.2) is 10.8 Å². The lowest BCUT2D eigenvalue weighted by atomic mass is 10.1. The molecule has 1 amide bonds. The number of benzene rings is 2. The van der Waals surface area contributed by atoms with Crippen molar-refractivity contribution in [2.75, 3.05) is 24.9 Å². The second-order valence-corrected chi connectivity index (χ2v) is 5.50. The molecule has 0 atom stereocenters. The number of nitrogens with zero attached hydrogens (tertiary/aromatic N) is 1. The van der Waals surface area contributed by atoms with E-state index in [-0.39, 0.29) is 16.7 Å². The zero-order valence-electron chi connectivity index (χ0n) is 13.6. The predicted octanol–water partition coefficient (Wildman–Crippen LogP) is 2.35. The second-order valence-electron chi connectivity index (χ2n) is 5.09. The fraction of sp³-hybridized carbons (Fsp3) is 0.118. The number of anilines is 2. The fourth-order valence-corrected chi connectivity index (χ4v) is 2.54. The normalized spacial score (nSPS) is 13.8. The lowest BCUT2D eigenvalue weighted by Crippen LogP contribution is -2.27. The van der Waals surface area contributed by atoms with Crippen LogP contribution in [0.2, 0.25) is 0 Å². The molecule has 0 saturated carbocycles. The Kier molecular flexibility index (Phi) is 4.80. The highest BCUT2D eigenvalue weighted by atomic mass is 32.1. The quantitative estimate of drug-likeness (QED) is 0.576. The van der Waals surface area contributed by atoms with E-state index < -0.39 is 0 Å². The number of carbonyl (C=O) groups excluding carboxylic acids is 1. The molecule has 3 rings (SSSR count). The number of thiocarbonyl (C=S) groups is 1. The van der Waals surface area contributed by atoms with Crippen LogP contribution in [-0.2, 0) is 4.79 Å². The average Bonchev–Trinajstić information content (AvgIpc) is 2.94. The van der Waals surface area contributed by atoms with E-state index in [1.54, 1.807) is 32.4 Å². The average molecular weight is 356 g/mol. The Labute approximate surface area is 150 Å². The molecule has 0 fully saturated rings. The SMILES string of the molecule is COc1ccc2c(c1)NC(=O)/C2=N\NC(=S)Nc1ccccc1OC. The minimum atomic E-state index is -0.309. The van der Waals surface area contributed by atoms with Crippen LogP contribution < -0.4 is 25.5 Å². The number of hydrazone groups is 1. The molecular formula is C17H16N4O3S. The van der Waals surface area contributed by atoms with Gasteiger partial charge < -0.3 is 20.1 Å². The van der Waals surface area contributed by atoms with Crippen LogP contribution in [0.25, 0.3) is 0 Å². The standard InChI is InChI=1S/C17H16N4O3S/c1-23-10-7-8-11-13(9-10)18-16(22)15(11)20-21-17(25)19-12-5-3-4-6-14(12)24-2/h3-9H,1-2H3,(H,18,20,22)(H2,19,21,25). The van der Waals surface area contributed by atoms with Gasteiger partial charge in [-0.05, 0) is 36.5 Å². The number of amides is 1. The van der Waals surface area contributed by atoms with Crippen LogP contribution in [0, 0.1) is 0 Å². The van der Waals surface area contributed by atoms with Crippen LogP contribution in [0.15, 0.2) is 47.6 Å². The maximum atomic E-state index is 12.1. The summed E-state index contributed by atoms with van der Waals surface area (Å²) in [6.45, 7) is 0. The Morgan fingerprint density at radius 1 is 1.16 bits per heavy atom. The van der Waals surface area contributed by atoms with Gasteiger partial charge in [-0.15, -0.1) is 0 Å². The minimum absolute atomic E-state index is 0.242. The van der Waals surface area contributed by atoms with E-state index in [1.165, 1.54) is 0 Å². The van der Waals surface area contributed by atoms with Gasteiger partial charge in [0.2, 0.25) is 0 Å². The summed E-state index contributed by atoms with van der Waals surface area (Å²) in [7, 11) is 3.14. The molecule has 8 heteroatoms. The molecule has 2 aromatic rings. The van der Waals surface area contributed by atoms with Crippen LogP contribution in [0.5, 0.6) is 11.5 Å². The summed E-state index contributed by atoms with van der Waals surface area (Å²) in [5.41, 5.74) is 4.96. The molecule has 1 aliphatic rings. The van der Waals surface area contributed by atoms with Gasteiger partial charge >= 0.3 is 0 Å². The van der Waals surface area contributed by atoms with Gasteiger partial charge in [0, 0.05) is 11.6 Å². The van der Waals surface area contributed by atoms with E-state index in [2.05, 4.69) is 21.2 Å². The van der Waals surface area contributed by atoms with Crippen molar-refractivity contribution in [3.63, 3.8) is 0 Å². The number of hydrogen-bond acceptors (Lipinski definition) is 5. The third-order valence-corrected chi connectivity index (χ3v) is 3.76. The van der Waals surface area contributed by atoms with Crippen molar-refractivity contribution in [3.8, 4) is 11.5 Å². The molecule has 128 valence electrons. The molecule has 1 aliphatic heterocycles. The van der Waals surface area contributed by atoms with Gasteiger partial charge in [0.1, 0.15) is 11.5 Å². The van der Waals surface area contributed by atoms with Crippen molar-refractivity contribution < 1.29 is 14.3 Å². The van der Waals surface area contributed by atoms with Gasteiger partial charge in [-0.25, -0.2) is 0 Å². The number of para-hydroxylation sites is 2. The Morgan fingerprint density at radius 2 is 1.96 bits per heavy atom. The van der Waals surface area contributed by atoms with E-state index in [1.807, 2.05) is 24.3 Å². The van der Waals surface area contributed by atoms with Crippen molar-refractivity contribution >= 4 is 40.3 Å². The molecule has 2 aromatic carbocycles. The van der Waals surface area contributed by atoms with E-state index in [0.29, 0.717) is 28.4 Å². The molecular weight excluding hydrogens is 340 g/mol. The smallest absolute Gasteiger partial charge is 0.276 e. The number of nitrogens with one attached hydrogen (secondary N) is 3. The fourth-order valence-electron chi connectivity index (χ4n) is 2.38. The van der Waals surface area contributed by atoms with E-state index in [0.717, 1.165) is 0 Å².